The van der Waals surface area contributed by atoms with Gasteiger partial charge in [0.05, 0.1) is 18.8 Å². The van der Waals surface area contributed by atoms with E-state index in [9.17, 15) is 4.39 Å². The number of rotatable bonds is 1. The fraction of sp³-hybridized carbons (Fsp3) is 0.625. The molecule has 0 aliphatic heterocycles. The van der Waals surface area contributed by atoms with Crippen molar-refractivity contribution >= 4 is 0 Å². The van der Waals surface area contributed by atoms with Crippen molar-refractivity contribution in [3.63, 3.8) is 0 Å². The molecule has 0 atom stereocenters. The van der Waals surface area contributed by atoms with Gasteiger partial charge in [-0.05, 0) is 20.8 Å². The van der Waals surface area contributed by atoms with Gasteiger partial charge in [-0.2, -0.15) is 4.39 Å². The molecule has 0 aromatic carbocycles. The van der Waals surface area contributed by atoms with Crippen LogP contribution in [0.25, 0.3) is 0 Å². The van der Waals surface area contributed by atoms with Gasteiger partial charge in [0.15, 0.2) is 5.75 Å². The maximum atomic E-state index is 12.9. The number of aromatic nitrogens is 2. The van der Waals surface area contributed by atoms with E-state index in [2.05, 4.69) is 5.10 Å². The van der Waals surface area contributed by atoms with Gasteiger partial charge in [-0.15, -0.1) is 5.10 Å². The summed E-state index contributed by atoms with van der Waals surface area (Å²) in [6.45, 7) is 5.83. The minimum Gasteiger partial charge on any atom is -0.491 e. The summed E-state index contributed by atoms with van der Waals surface area (Å²) in [7, 11) is 1.42. The number of ether oxygens (including phenoxy) is 1. The van der Waals surface area contributed by atoms with Gasteiger partial charge >= 0.3 is 0 Å². The average molecular weight is 172 g/mol. The lowest BCUT2D eigenvalue weighted by molar-refractivity contribution is 0.342. The molecule has 0 saturated carbocycles. The van der Waals surface area contributed by atoms with Crippen LogP contribution in [0.5, 0.6) is 5.75 Å². The fourth-order valence-corrected chi connectivity index (χ4v) is 0.818. The molecular formula is C8H13FN2O. The van der Waals surface area contributed by atoms with E-state index in [0.717, 1.165) is 0 Å². The maximum absolute atomic E-state index is 12.9. The Morgan fingerprint density at radius 2 is 2.08 bits per heavy atom. The van der Waals surface area contributed by atoms with Crippen molar-refractivity contribution in [3.8, 4) is 5.75 Å². The zero-order valence-corrected chi connectivity index (χ0v) is 7.76. The molecule has 0 N–H and O–H groups in total. The van der Waals surface area contributed by atoms with E-state index in [4.69, 9.17) is 4.74 Å². The molecule has 0 radical (unpaired) electrons. The zero-order chi connectivity index (χ0) is 9.35. The quantitative estimate of drug-likeness (QED) is 0.645. The van der Waals surface area contributed by atoms with Gasteiger partial charge in [-0.25, -0.2) is 0 Å². The van der Waals surface area contributed by atoms with Crippen LogP contribution in [0.4, 0.5) is 4.39 Å². The number of methoxy groups -OCH3 is 1. The summed E-state index contributed by atoms with van der Waals surface area (Å²) in [5, 5.41) is 3.68. The minimum atomic E-state index is -0.563. The molecule has 0 aliphatic carbocycles. The largest absolute Gasteiger partial charge is 0.491 e. The Labute approximate surface area is 71.1 Å². The molecule has 1 heterocycles. The summed E-state index contributed by atoms with van der Waals surface area (Å²) < 4.78 is 19.2. The standard InChI is InChI=1S/C8H13FN2O/c1-8(2,3)11-5-6(12-4)7(9)10-11/h5H,1-4H3. The summed E-state index contributed by atoms with van der Waals surface area (Å²) >= 11 is 0. The number of halogens is 1. The molecule has 4 heteroatoms. The van der Waals surface area contributed by atoms with Crippen molar-refractivity contribution in [3.05, 3.63) is 12.1 Å². The van der Waals surface area contributed by atoms with Crippen molar-refractivity contribution in [1.82, 2.24) is 9.78 Å². The topological polar surface area (TPSA) is 27.1 Å². The highest BCUT2D eigenvalue weighted by molar-refractivity contribution is 5.14. The highest BCUT2D eigenvalue weighted by Gasteiger charge is 2.17. The summed E-state index contributed by atoms with van der Waals surface area (Å²) in [4.78, 5) is 0. The molecule has 0 unspecified atom stereocenters. The monoisotopic (exact) mass is 172 g/mol. The SMILES string of the molecule is COc1cn(C(C)(C)C)nc1F. The highest BCUT2D eigenvalue weighted by atomic mass is 19.1. The molecule has 68 valence electrons. The lowest BCUT2D eigenvalue weighted by atomic mass is 10.1. The molecule has 1 aromatic heterocycles. The molecule has 0 saturated heterocycles. The molecule has 0 fully saturated rings. The molecule has 0 amide bonds. The maximum Gasteiger partial charge on any atom is 0.274 e. The van der Waals surface area contributed by atoms with E-state index in [1.807, 2.05) is 20.8 Å². The minimum absolute atomic E-state index is 0.185. The summed E-state index contributed by atoms with van der Waals surface area (Å²) in [5.41, 5.74) is -0.211. The Morgan fingerprint density at radius 1 is 1.50 bits per heavy atom. The molecule has 0 spiro atoms. The predicted octanol–water partition coefficient (Wildman–Crippen LogP) is 1.79. The molecule has 0 aliphatic rings. The smallest absolute Gasteiger partial charge is 0.274 e. The third-order valence-electron chi connectivity index (χ3n) is 1.55. The Kier molecular flexibility index (Phi) is 2.08. The van der Waals surface area contributed by atoms with E-state index in [-0.39, 0.29) is 11.3 Å². The Balaban J connectivity index is 3.05. The third-order valence-corrected chi connectivity index (χ3v) is 1.55. The summed E-state index contributed by atoms with van der Waals surface area (Å²) in [5.74, 6) is -0.377. The number of hydrogen-bond donors (Lipinski definition) is 0. The zero-order valence-electron chi connectivity index (χ0n) is 7.76. The molecule has 3 nitrogen and oxygen atoms in total. The third kappa shape index (κ3) is 1.57. The van der Waals surface area contributed by atoms with Crippen LogP contribution >= 0.6 is 0 Å². The van der Waals surface area contributed by atoms with Crippen LogP contribution in [0.2, 0.25) is 0 Å². The fourth-order valence-electron chi connectivity index (χ4n) is 0.818. The van der Waals surface area contributed by atoms with Crippen LogP contribution in [0.1, 0.15) is 20.8 Å². The Morgan fingerprint density at radius 3 is 2.33 bits per heavy atom. The van der Waals surface area contributed by atoms with Crippen molar-refractivity contribution in [2.24, 2.45) is 0 Å². The number of hydrogen-bond acceptors (Lipinski definition) is 2. The van der Waals surface area contributed by atoms with Crippen molar-refractivity contribution in [2.45, 2.75) is 26.3 Å². The van der Waals surface area contributed by atoms with Gasteiger partial charge in [0.2, 0.25) is 0 Å². The van der Waals surface area contributed by atoms with Crippen LogP contribution in [0.15, 0.2) is 6.20 Å². The van der Waals surface area contributed by atoms with Gasteiger partial charge in [0.1, 0.15) is 0 Å². The first-order valence-electron chi connectivity index (χ1n) is 3.75. The molecule has 1 rings (SSSR count). The second-order valence-electron chi connectivity index (χ2n) is 3.60. The van der Waals surface area contributed by atoms with Crippen molar-refractivity contribution in [1.29, 1.82) is 0 Å². The number of nitrogens with zero attached hydrogens (tertiary/aromatic N) is 2. The molecular weight excluding hydrogens is 159 g/mol. The first-order chi connectivity index (χ1) is 5.45. The van der Waals surface area contributed by atoms with Crippen LogP contribution < -0.4 is 4.74 Å². The Bertz CT molecular complexity index is 275. The van der Waals surface area contributed by atoms with Gasteiger partial charge in [-0.1, -0.05) is 0 Å². The van der Waals surface area contributed by atoms with Gasteiger partial charge < -0.3 is 4.74 Å². The predicted molar refractivity (Wildman–Crippen MR) is 43.7 cm³/mol. The van der Waals surface area contributed by atoms with Crippen molar-refractivity contribution < 1.29 is 9.13 Å². The van der Waals surface area contributed by atoms with Gasteiger partial charge in [0, 0.05) is 0 Å². The average Bonchev–Trinajstić information content (AvgIpc) is 2.29. The highest BCUT2D eigenvalue weighted by Crippen LogP contribution is 2.20. The lowest BCUT2D eigenvalue weighted by Gasteiger charge is -2.18. The molecule has 1 aromatic rings. The van der Waals surface area contributed by atoms with E-state index >= 15 is 0 Å². The van der Waals surface area contributed by atoms with E-state index in [1.54, 1.807) is 10.9 Å². The normalized spacial score (nSPS) is 11.8. The van der Waals surface area contributed by atoms with Crippen LogP contribution in [0.3, 0.4) is 0 Å². The Hall–Kier alpha value is -1.06. The lowest BCUT2D eigenvalue weighted by Crippen LogP contribution is -2.22. The van der Waals surface area contributed by atoms with Crippen LogP contribution in [-0.2, 0) is 5.54 Å². The van der Waals surface area contributed by atoms with Gasteiger partial charge in [0.25, 0.3) is 5.95 Å². The summed E-state index contributed by atoms with van der Waals surface area (Å²) in [6.07, 6.45) is 1.55. The molecule has 12 heavy (non-hydrogen) atoms. The summed E-state index contributed by atoms with van der Waals surface area (Å²) in [6, 6.07) is 0. The molecule has 0 bridgehead atoms. The second kappa shape index (κ2) is 2.77. The van der Waals surface area contributed by atoms with Crippen LogP contribution in [-0.4, -0.2) is 16.9 Å². The van der Waals surface area contributed by atoms with E-state index in [0.29, 0.717) is 0 Å². The van der Waals surface area contributed by atoms with Gasteiger partial charge in [-0.3, -0.25) is 4.68 Å². The van der Waals surface area contributed by atoms with Crippen LogP contribution in [0, 0.1) is 5.95 Å². The second-order valence-corrected chi connectivity index (χ2v) is 3.60. The van der Waals surface area contributed by atoms with E-state index in [1.165, 1.54) is 7.11 Å². The van der Waals surface area contributed by atoms with E-state index < -0.39 is 5.95 Å². The first kappa shape index (κ1) is 9.03. The first-order valence-corrected chi connectivity index (χ1v) is 3.75. The van der Waals surface area contributed by atoms with Crippen molar-refractivity contribution in [2.75, 3.05) is 7.11 Å².